The number of rotatable bonds is 3. The van der Waals surface area contributed by atoms with Crippen molar-refractivity contribution in [2.24, 2.45) is 14.1 Å². The fourth-order valence-electron chi connectivity index (χ4n) is 2.27. The minimum absolute atomic E-state index is 0.212. The van der Waals surface area contributed by atoms with E-state index >= 15 is 0 Å². The summed E-state index contributed by atoms with van der Waals surface area (Å²) in [7, 11) is 4.90. The molecule has 0 aliphatic heterocycles. The molecular formula is C15H19N3O3. The number of aromatic nitrogens is 2. The Hall–Kier alpha value is -2.50. The second-order valence-corrected chi connectivity index (χ2v) is 5.05. The molecule has 1 amide bonds. The van der Waals surface area contributed by atoms with E-state index < -0.39 is 5.97 Å². The third-order valence-corrected chi connectivity index (χ3v) is 3.55. The van der Waals surface area contributed by atoms with Crippen molar-refractivity contribution in [2.45, 2.75) is 13.8 Å². The topological polar surface area (TPSA) is 65.3 Å². The Balaban J connectivity index is 2.30. The lowest BCUT2D eigenvalue weighted by Crippen LogP contribution is -2.15. The van der Waals surface area contributed by atoms with Gasteiger partial charge in [0.1, 0.15) is 11.4 Å². The minimum Gasteiger partial charge on any atom is -0.464 e. The Morgan fingerprint density at radius 3 is 2.33 bits per heavy atom. The molecule has 2 rings (SSSR count). The maximum atomic E-state index is 12.3. The van der Waals surface area contributed by atoms with E-state index in [1.165, 1.54) is 7.11 Å². The van der Waals surface area contributed by atoms with Gasteiger partial charge in [0.15, 0.2) is 0 Å². The average Bonchev–Trinajstić information content (AvgIpc) is 2.91. The number of aryl methyl sites for hydroxylation is 2. The van der Waals surface area contributed by atoms with Gasteiger partial charge in [-0.25, -0.2) is 4.79 Å². The molecule has 2 aromatic heterocycles. The molecule has 0 aromatic carbocycles. The van der Waals surface area contributed by atoms with Gasteiger partial charge in [-0.2, -0.15) is 0 Å². The summed E-state index contributed by atoms with van der Waals surface area (Å²) in [6.45, 7) is 3.76. The first-order chi connectivity index (χ1) is 9.85. The fourth-order valence-corrected chi connectivity index (χ4v) is 2.27. The highest BCUT2D eigenvalue weighted by Gasteiger charge is 2.18. The number of nitrogens with one attached hydrogen (secondary N) is 1. The van der Waals surface area contributed by atoms with E-state index in [2.05, 4.69) is 5.32 Å². The Morgan fingerprint density at radius 1 is 1.14 bits per heavy atom. The zero-order chi connectivity index (χ0) is 15.7. The van der Waals surface area contributed by atoms with Crippen LogP contribution in [0, 0.1) is 13.8 Å². The standard InChI is InChI=1S/C15H19N3O3/c1-9-6-12(17(3)8-9)14(19)16-11-7-13(15(20)21-5)18(4)10(11)2/h6-8H,1-5H3,(H,16,19). The molecule has 0 saturated carbocycles. The molecule has 0 fully saturated rings. The number of ether oxygens (including phenoxy) is 1. The Morgan fingerprint density at radius 2 is 1.81 bits per heavy atom. The maximum absolute atomic E-state index is 12.3. The first-order valence-electron chi connectivity index (χ1n) is 6.54. The van der Waals surface area contributed by atoms with Crippen molar-refractivity contribution in [3.63, 3.8) is 0 Å². The second kappa shape index (κ2) is 5.47. The highest BCUT2D eigenvalue weighted by molar-refractivity contribution is 6.04. The van der Waals surface area contributed by atoms with Crippen LogP contribution in [0.2, 0.25) is 0 Å². The van der Waals surface area contributed by atoms with Gasteiger partial charge in [-0.3, -0.25) is 4.79 Å². The van der Waals surface area contributed by atoms with Crippen molar-refractivity contribution in [1.82, 2.24) is 9.13 Å². The molecule has 0 spiro atoms. The zero-order valence-electron chi connectivity index (χ0n) is 12.9. The van der Waals surface area contributed by atoms with E-state index in [-0.39, 0.29) is 5.91 Å². The van der Waals surface area contributed by atoms with Crippen molar-refractivity contribution >= 4 is 17.6 Å². The molecule has 0 aliphatic rings. The van der Waals surface area contributed by atoms with Crippen LogP contribution in [0.4, 0.5) is 5.69 Å². The first kappa shape index (κ1) is 14.9. The second-order valence-electron chi connectivity index (χ2n) is 5.05. The molecule has 0 saturated heterocycles. The summed E-state index contributed by atoms with van der Waals surface area (Å²) < 4.78 is 8.18. The summed E-state index contributed by atoms with van der Waals surface area (Å²) in [5.41, 5.74) is 3.36. The molecule has 21 heavy (non-hydrogen) atoms. The van der Waals surface area contributed by atoms with E-state index in [1.54, 1.807) is 22.2 Å². The smallest absolute Gasteiger partial charge is 0.354 e. The van der Waals surface area contributed by atoms with Crippen molar-refractivity contribution in [3.05, 3.63) is 41.0 Å². The SMILES string of the molecule is COC(=O)c1cc(NC(=O)c2cc(C)cn2C)c(C)n1C. The van der Waals surface area contributed by atoms with Gasteiger partial charge < -0.3 is 19.2 Å². The number of hydrogen-bond acceptors (Lipinski definition) is 3. The quantitative estimate of drug-likeness (QED) is 0.879. The highest BCUT2D eigenvalue weighted by Crippen LogP contribution is 2.21. The van der Waals surface area contributed by atoms with Crippen molar-refractivity contribution in [2.75, 3.05) is 12.4 Å². The van der Waals surface area contributed by atoms with E-state index in [0.29, 0.717) is 17.1 Å². The van der Waals surface area contributed by atoms with Crippen LogP contribution in [0.3, 0.4) is 0 Å². The van der Waals surface area contributed by atoms with Crippen LogP contribution >= 0.6 is 0 Å². The van der Waals surface area contributed by atoms with Crippen LogP contribution in [0.15, 0.2) is 18.3 Å². The molecule has 112 valence electrons. The van der Waals surface area contributed by atoms with Gasteiger partial charge in [0.2, 0.25) is 0 Å². The summed E-state index contributed by atoms with van der Waals surface area (Å²) in [5, 5.41) is 2.83. The monoisotopic (exact) mass is 289 g/mol. The lowest BCUT2D eigenvalue weighted by molar-refractivity contribution is 0.0589. The number of methoxy groups -OCH3 is 1. The number of esters is 1. The number of nitrogens with zero attached hydrogens (tertiary/aromatic N) is 2. The minimum atomic E-state index is -0.434. The first-order valence-corrected chi connectivity index (χ1v) is 6.54. The Kier molecular flexibility index (Phi) is 3.88. The molecule has 0 radical (unpaired) electrons. The fraction of sp³-hybridized carbons (Fsp3) is 0.333. The number of amides is 1. The van der Waals surface area contributed by atoms with Gasteiger partial charge in [0.05, 0.1) is 12.8 Å². The third kappa shape index (κ3) is 2.69. The summed E-state index contributed by atoms with van der Waals surface area (Å²) in [6, 6.07) is 3.43. The van der Waals surface area contributed by atoms with Crippen LogP contribution in [0.1, 0.15) is 32.2 Å². The molecule has 0 bridgehead atoms. The summed E-state index contributed by atoms with van der Waals surface area (Å²) >= 11 is 0. The molecule has 0 aliphatic carbocycles. The normalized spacial score (nSPS) is 10.5. The molecule has 0 atom stereocenters. The molecule has 6 nitrogen and oxygen atoms in total. The highest BCUT2D eigenvalue weighted by atomic mass is 16.5. The molecule has 6 heteroatoms. The predicted octanol–water partition coefficient (Wildman–Crippen LogP) is 2.02. The lowest BCUT2D eigenvalue weighted by Gasteiger charge is -2.06. The van der Waals surface area contributed by atoms with Gasteiger partial charge in [0.25, 0.3) is 5.91 Å². The average molecular weight is 289 g/mol. The lowest BCUT2D eigenvalue weighted by atomic mass is 10.3. The van der Waals surface area contributed by atoms with Crippen LogP contribution in [-0.2, 0) is 18.8 Å². The maximum Gasteiger partial charge on any atom is 0.354 e. The van der Waals surface area contributed by atoms with E-state index in [0.717, 1.165) is 11.3 Å². The molecule has 2 heterocycles. The zero-order valence-corrected chi connectivity index (χ0v) is 12.9. The van der Waals surface area contributed by atoms with Gasteiger partial charge in [-0.05, 0) is 31.5 Å². The molecule has 2 aromatic rings. The van der Waals surface area contributed by atoms with E-state index in [9.17, 15) is 9.59 Å². The molecule has 1 N–H and O–H groups in total. The largest absolute Gasteiger partial charge is 0.464 e. The molecule has 0 unspecified atom stereocenters. The van der Waals surface area contributed by atoms with Crippen LogP contribution in [0.5, 0.6) is 0 Å². The van der Waals surface area contributed by atoms with E-state index in [4.69, 9.17) is 4.74 Å². The van der Waals surface area contributed by atoms with Gasteiger partial charge in [-0.15, -0.1) is 0 Å². The van der Waals surface area contributed by atoms with Gasteiger partial charge in [0, 0.05) is 26.0 Å². The summed E-state index contributed by atoms with van der Waals surface area (Å²) in [4.78, 5) is 24.0. The summed E-state index contributed by atoms with van der Waals surface area (Å²) in [6.07, 6.45) is 1.88. The van der Waals surface area contributed by atoms with Gasteiger partial charge >= 0.3 is 5.97 Å². The third-order valence-electron chi connectivity index (χ3n) is 3.55. The van der Waals surface area contributed by atoms with Crippen LogP contribution in [0.25, 0.3) is 0 Å². The number of carbonyl (C=O) groups is 2. The Labute approximate surface area is 123 Å². The van der Waals surface area contributed by atoms with Crippen molar-refractivity contribution in [1.29, 1.82) is 0 Å². The number of carbonyl (C=O) groups excluding carboxylic acids is 2. The van der Waals surface area contributed by atoms with Crippen LogP contribution in [-0.4, -0.2) is 28.1 Å². The van der Waals surface area contributed by atoms with E-state index in [1.807, 2.05) is 33.2 Å². The molecular weight excluding hydrogens is 270 g/mol. The van der Waals surface area contributed by atoms with Crippen LogP contribution < -0.4 is 5.32 Å². The van der Waals surface area contributed by atoms with Crippen molar-refractivity contribution < 1.29 is 14.3 Å². The number of hydrogen-bond donors (Lipinski definition) is 1. The predicted molar refractivity (Wildman–Crippen MR) is 79.6 cm³/mol. The number of anilines is 1. The summed E-state index contributed by atoms with van der Waals surface area (Å²) in [5.74, 6) is -0.647. The van der Waals surface area contributed by atoms with Gasteiger partial charge in [-0.1, -0.05) is 0 Å². The van der Waals surface area contributed by atoms with Crippen molar-refractivity contribution in [3.8, 4) is 0 Å². The Bertz CT molecular complexity index is 710.